The first-order valence-corrected chi connectivity index (χ1v) is 5.73. The number of nitrogens with zero attached hydrogens (tertiary/aromatic N) is 1. The Balaban J connectivity index is 0. The number of benzene rings is 1. The Morgan fingerprint density at radius 3 is 1.94 bits per heavy atom. The number of hydroxylamine groups is 1. The van der Waals surface area contributed by atoms with Crippen LogP contribution in [0.3, 0.4) is 0 Å². The van der Waals surface area contributed by atoms with Crippen LogP contribution in [0.2, 0.25) is 0 Å². The van der Waals surface area contributed by atoms with Crippen molar-refractivity contribution in [2.45, 2.75) is 34.6 Å². The van der Waals surface area contributed by atoms with Crippen LogP contribution < -0.4 is 9.80 Å². The van der Waals surface area contributed by atoms with Gasteiger partial charge in [0.1, 0.15) is 11.4 Å². The number of hydrogen-bond donors (Lipinski definition) is 1. The van der Waals surface area contributed by atoms with E-state index in [1.165, 1.54) is 0 Å². The van der Waals surface area contributed by atoms with Crippen molar-refractivity contribution in [3.05, 3.63) is 23.8 Å². The van der Waals surface area contributed by atoms with E-state index >= 15 is 0 Å². The van der Waals surface area contributed by atoms with Gasteiger partial charge in [-0.3, -0.25) is 10.3 Å². The summed E-state index contributed by atoms with van der Waals surface area (Å²) in [6, 6.07) is 5.61. The van der Waals surface area contributed by atoms with Gasteiger partial charge in [-0.05, 0) is 18.6 Å². The third-order valence-corrected chi connectivity index (χ3v) is 1.74. The lowest BCUT2D eigenvalue weighted by atomic mass is 10.2. The van der Waals surface area contributed by atoms with Crippen molar-refractivity contribution in [1.29, 1.82) is 0 Å². The number of ether oxygens (including phenoxy) is 1. The summed E-state index contributed by atoms with van der Waals surface area (Å²) < 4.78 is 5.14. The van der Waals surface area contributed by atoms with Gasteiger partial charge < -0.3 is 4.74 Å². The fourth-order valence-corrected chi connectivity index (χ4v) is 1.16. The molecule has 0 saturated heterocycles. The molecule has 0 spiro atoms. The van der Waals surface area contributed by atoms with Crippen molar-refractivity contribution in [2.75, 3.05) is 19.2 Å². The molecule has 0 atom stereocenters. The average molecular weight is 227 g/mol. The Hall–Kier alpha value is -1.22. The zero-order valence-corrected chi connectivity index (χ0v) is 11.5. The van der Waals surface area contributed by atoms with E-state index in [2.05, 4.69) is 0 Å². The Kier molecular flexibility index (Phi) is 11.1. The highest BCUT2D eigenvalue weighted by molar-refractivity contribution is 5.59. The van der Waals surface area contributed by atoms with Gasteiger partial charge in [0.15, 0.2) is 0 Å². The van der Waals surface area contributed by atoms with Crippen LogP contribution in [-0.4, -0.2) is 19.4 Å². The SMILES string of the molecule is CC.CC.COc1c(C)cccc1N(C)O. The molecule has 3 heteroatoms. The minimum absolute atomic E-state index is 0.678. The molecule has 0 bridgehead atoms. The summed E-state index contributed by atoms with van der Waals surface area (Å²) >= 11 is 0. The molecule has 0 unspecified atom stereocenters. The monoisotopic (exact) mass is 227 g/mol. The third-order valence-electron chi connectivity index (χ3n) is 1.74. The summed E-state index contributed by atoms with van der Waals surface area (Å²) in [6.45, 7) is 9.94. The van der Waals surface area contributed by atoms with Crippen LogP contribution in [0.15, 0.2) is 18.2 Å². The minimum atomic E-state index is 0.678. The van der Waals surface area contributed by atoms with E-state index < -0.39 is 0 Å². The fourth-order valence-electron chi connectivity index (χ4n) is 1.16. The van der Waals surface area contributed by atoms with Gasteiger partial charge >= 0.3 is 0 Å². The molecule has 1 N–H and O–H groups in total. The van der Waals surface area contributed by atoms with Crippen molar-refractivity contribution in [3.8, 4) is 5.75 Å². The van der Waals surface area contributed by atoms with E-state index in [-0.39, 0.29) is 0 Å². The predicted octanol–water partition coefficient (Wildman–Crippen LogP) is 3.88. The quantitative estimate of drug-likeness (QED) is 0.778. The molecule has 0 heterocycles. The molecule has 0 saturated carbocycles. The first kappa shape index (κ1) is 17.2. The molecular formula is C13H25NO2. The fraction of sp³-hybridized carbons (Fsp3) is 0.538. The molecule has 0 aliphatic carbocycles. The lowest BCUT2D eigenvalue weighted by molar-refractivity contribution is 0.274. The van der Waals surface area contributed by atoms with Gasteiger partial charge in [0, 0.05) is 7.05 Å². The Morgan fingerprint density at radius 2 is 1.62 bits per heavy atom. The number of methoxy groups -OCH3 is 1. The van der Waals surface area contributed by atoms with Crippen LogP contribution >= 0.6 is 0 Å². The largest absolute Gasteiger partial charge is 0.494 e. The van der Waals surface area contributed by atoms with Gasteiger partial charge in [-0.15, -0.1) is 0 Å². The zero-order chi connectivity index (χ0) is 13.1. The second kappa shape index (κ2) is 10.3. The Labute approximate surface area is 99.6 Å². The molecule has 0 aliphatic heterocycles. The average Bonchev–Trinajstić information content (AvgIpc) is 2.33. The van der Waals surface area contributed by atoms with E-state index in [0.717, 1.165) is 10.6 Å². The van der Waals surface area contributed by atoms with Gasteiger partial charge in [0.05, 0.1) is 7.11 Å². The van der Waals surface area contributed by atoms with Crippen molar-refractivity contribution < 1.29 is 9.94 Å². The zero-order valence-electron chi connectivity index (χ0n) is 11.5. The Bertz CT molecular complexity index is 273. The predicted molar refractivity (Wildman–Crippen MR) is 70.6 cm³/mol. The summed E-state index contributed by atoms with van der Waals surface area (Å²) in [7, 11) is 3.16. The van der Waals surface area contributed by atoms with E-state index in [1.54, 1.807) is 20.2 Å². The van der Waals surface area contributed by atoms with Crippen molar-refractivity contribution in [1.82, 2.24) is 0 Å². The van der Waals surface area contributed by atoms with Crippen LogP contribution in [0.4, 0.5) is 5.69 Å². The second-order valence-corrected chi connectivity index (χ2v) is 2.65. The molecule has 0 aliphatic rings. The lowest BCUT2D eigenvalue weighted by Crippen LogP contribution is -2.11. The molecule has 94 valence electrons. The lowest BCUT2D eigenvalue weighted by Gasteiger charge is -2.15. The van der Waals surface area contributed by atoms with E-state index in [0.29, 0.717) is 11.4 Å². The van der Waals surface area contributed by atoms with Crippen molar-refractivity contribution in [3.63, 3.8) is 0 Å². The second-order valence-electron chi connectivity index (χ2n) is 2.65. The molecule has 1 aromatic carbocycles. The molecule has 0 aromatic heterocycles. The summed E-state index contributed by atoms with van der Waals surface area (Å²) in [6.07, 6.45) is 0. The van der Waals surface area contributed by atoms with Crippen LogP contribution in [0.5, 0.6) is 5.75 Å². The molecule has 3 nitrogen and oxygen atoms in total. The van der Waals surface area contributed by atoms with Crippen molar-refractivity contribution in [2.24, 2.45) is 0 Å². The molecule has 1 rings (SSSR count). The highest BCUT2D eigenvalue weighted by Gasteiger charge is 2.07. The van der Waals surface area contributed by atoms with Crippen LogP contribution in [0.1, 0.15) is 33.3 Å². The number of rotatable bonds is 2. The van der Waals surface area contributed by atoms with Crippen molar-refractivity contribution >= 4 is 5.69 Å². The van der Waals surface area contributed by atoms with Gasteiger partial charge in [-0.2, -0.15) is 0 Å². The number of anilines is 1. The first-order chi connectivity index (χ1) is 7.66. The van der Waals surface area contributed by atoms with Gasteiger partial charge in [-0.25, -0.2) is 0 Å². The summed E-state index contributed by atoms with van der Waals surface area (Å²) in [4.78, 5) is 0. The normalized spacial score (nSPS) is 8.00. The maximum absolute atomic E-state index is 9.21. The first-order valence-electron chi connectivity index (χ1n) is 5.73. The highest BCUT2D eigenvalue weighted by atomic mass is 16.5. The summed E-state index contributed by atoms with van der Waals surface area (Å²) in [5, 5.41) is 10.3. The molecule has 0 fully saturated rings. The molecule has 0 amide bonds. The molecule has 16 heavy (non-hydrogen) atoms. The topological polar surface area (TPSA) is 32.7 Å². The van der Waals surface area contributed by atoms with Gasteiger partial charge in [0.25, 0.3) is 0 Å². The number of hydrogen-bond acceptors (Lipinski definition) is 3. The van der Waals surface area contributed by atoms with Gasteiger partial charge in [-0.1, -0.05) is 39.8 Å². The molecule has 1 aromatic rings. The smallest absolute Gasteiger partial charge is 0.147 e. The molecular weight excluding hydrogens is 202 g/mol. The van der Waals surface area contributed by atoms with Crippen LogP contribution in [0, 0.1) is 6.92 Å². The van der Waals surface area contributed by atoms with E-state index in [9.17, 15) is 5.21 Å². The third kappa shape index (κ3) is 5.03. The molecule has 0 radical (unpaired) electrons. The maximum atomic E-state index is 9.21. The van der Waals surface area contributed by atoms with E-state index in [4.69, 9.17) is 4.74 Å². The maximum Gasteiger partial charge on any atom is 0.147 e. The Morgan fingerprint density at radius 1 is 1.12 bits per heavy atom. The minimum Gasteiger partial charge on any atom is -0.494 e. The summed E-state index contributed by atoms with van der Waals surface area (Å²) in [5.74, 6) is 0.711. The number of para-hydroxylation sites is 1. The van der Waals surface area contributed by atoms with Crippen LogP contribution in [0.25, 0.3) is 0 Å². The van der Waals surface area contributed by atoms with Crippen LogP contribution in [-0.2, 0) is 0 Å². The van der Waals surface area contributed by atoms with Gasteiger partial charge in [0.2, 0.25) is 0 Å². The summed E-state index contributed by atoms with van der Waals surface area (Å²) in [5.41, 5.74) is 1.69. The highest BCUT2D eigenvalue weighted by Crippen LogP contribution is 2.29. The number of aryl methyl sites for hydroxylation is 1. The standard InChI is InChI=1S/C9H13NO2.2C2H6/c1-7-5-4-6-8(10(2)11)9(7)12-3;2*1-2/h4-6,11H,1-3H3;2*1-2H3. The van der Waals surface area contributed by atoms with E-state index in [1.807, 2.05) is 46.8 Å².